The zero-order valence-electron chi connectivity index (χ0n) is 12.4. The molecule has 7 nitrogen and oxygen atoms in total. The number of nitrogens with zero attached hydrogens (tertiary/aromatic N) is 2. The molecule has 0 aromatic rings. The van der Waals surface area contributed by atoms with E-state index in [2.05, 4.69) is 0 Å². The van der Waals surface area contributed by atoms with E-state index in [9.17, 15) is 14.4 Å². The van der Waals surface area contributed by atoms with Crippen LogP contribution < -0.4 is 5.73 Å². The highest BCUT2D eigenvalue weighted by molar-refractivity contribution is 7.99. The van der Waals surface area contributed by atoms with Crippen molar-refractivity contribution < 1.29 is 19.5 Å². The van der Waals surface area contributed by atoms with Crippen molar-refractivity contribution in [3.8, 4) is 0 Å². The third kappa shape index (κ3) is 5.82. The van der Waals surface area contributed by atoms with E-state index >= 15 is 0 Å². The molecule has 1 aliphatic rings. The van der Waals surface area contributed by atoms with Crippen LogP contribution in [0.25, 0.3) is 0 Å². The average molecular weight is 317 g/mol. The summed E-state index contributed by atoms with van der Waals surface area (Å²) in [5.74, 6) is 0.0825. The zero-order chi connectivity index (χ0) is 16.0. The quantitative estimate of drug-likeness (QED) is 0.740. The second-order valence-electron chi connectivity index (χ2n) is 5.54. The summed E-state index contributed by atoms with van der Waals surface area (Å²) in [5.41, 5.74) is 5.20. The van der Waals surface area contributed by atoms with Crippen molar-refractivity contribution in [3.05, 3.63) is 0 Å². The Kier molecular flexibility index (Phi) is 6.80. The van der Waals surface area contributed by atoms with Gasteiger partial charge in [0.2, 0.25) is 5.91 Å². The molecule has 1 saturated heterocycles. The smallest absolute Gasteiger partial charge is 0.320 e. The van der Waals surface area contributed by atoms with Gasteiger partial charge in [0.15, 0.2) is 0 Å². The van der Waals surface area contributed by atoms with Crippen LogP contribution in [0.2, 0.25) is 0 Å². The molecule has 0 aromatic carbocycles. The second kappa shape index (κ2) is 8.11. The zero-order valence-corrected chi connectivity index (χ0v) is 13.3. The van der Waals surface area contributed by atoms with E-state index in [4.69, 9.17) is 10.8 Å². The van der Waals surface area contributed by atoms with Crippen molar-refractivity contribution in [2.45, 2.75) is 26.3 Å². The summed E-state index contributed by atoms with van der Waals surface area (Å²) in [5, 5.41) is 8.96. The van der Waals surface area contributed by atoms with Crippen LogP contribution in [0.15, 0.2) is 0 Å². The third-order valence-corrected chi connectivity index (χ3v) is 4.18. The monoisotopic (exact) mass is 317 g/mol. The molecule has 1 rings (SSSR count). The van der Waals surface area contributed by atoms with Gasteiger partial charge in [0.05, 0.1) is 12.5 Å². The summed E-state index contributed by atoms with van der Waals surface area (Å²) < 4.78 is 0. The van der Waals surface area contributed by atoms with Crippen molar-refractivity contribution >= 4 is 29.7 Å². The molecule has 0 radical (unpaired) electrons. The number of carbonyl (C=O) groups excluding carboxylic acids is 2. The van der Waals surface area contributed by atoms with Gasteiger partial charge in [-0.2, -0.15) is 11.8 Å². The molecule has 0 bridgehead atoms. The fraction of sp³-hybridized carbons (Fsp3) is 0.769. The van der Waals surface area contributed by atoms with Crippen LogP contribution in [-0.4, -0.2) is 70.0 Å². The molecular weight excluding hydrogens is 294 g/mol. The SMILES string of the molecule is CC(C)CN(CC(N)=O)C(=O)N1CCSCC1CC(=O)O. The van der Waals surface area contributed by atoms with E-state index in [-0.39, 0.29) is 31.0 Å². The largest absolute Gasteiger partial charge is 0.481 e. The Labute approximate surface area is 128 Å². The summed E-state index contributed by atoms with van der Waals surface area (Å²) in [6.45, 7) is 4.67. The van der Waals surface area contributed by atoms with Gasteiger partial charge in [-0.1, -0.05) is 13.8 Å². The maximum atomic E-state index is 12.6. The minimum Gasteiger partial charge on any atom is -0.481 e. The Morgan fingerprint density at radius 3 is 2.62 bits per heavy atom. The molecule has 0 aromatic heterocycles. The van der Waals surface area contributed by atoms with Crippen molar-refractivity contribution in [2.24, 2.45) is 11.7 Å². The number of urea groups is 1. The van der Waals surface area contributed by atoms with E-state index < -0.39 is 11.9 Å². The maximum Gasteiger partial charge on any atom is 0.320 e. The number of carboxylic acid groups (broad SMARTS) is 1. The van der Waals surface area contributed by atoms with Crippen molar-refractivity contribution in [1.82, 2.24) is 9.80 Å². The first kappa shape index (κ1) is 17.6. The van der Waals surface area contributed by atoms with Gasteiger partial charge in [0.25, 0.3) is 0 Å². The van der Waals surface area contributed by atoms with Crippen LogP contribution in [-0.2, 0) is 9.59 Å². The van der Waals surface area contributed by atoms with E-state index in [0.29, 0.717) is 18.8 Å². The average Bonchev–Trinajstić information content (AvgIpc) is 2.36. The highest BCUT2D eigenvalue weighted by Gasteiger charge is 2.32. The number of rotatable bonds is 6. The Balaban J connectivity index is 2.82. The molecule has 1 aliphatic heterocycles. The number of carbonyl (C=O) groups is 3. The standard InChI is InChI=1S/C13H23N3O4S/c1-9(2)6-15(7-11(14)17)13(20)16-3-4-21-8-10(16)5-12(18)19/h9-10H,3-8H2,1-2H3,(H2,14,17)(H,18,19). The van der Waals surface area contributed by atoms with Gasteiger partial charge in [0, 0.05) is 24.6 Å². The highest BCUT2D eigenvalue weighted by Crippen LogP contribution is 2.21. The van der Waals surface area contributed by atoms with E-state index in [0.717, 1.165) is 5.75 Å². The van der Waals surface area contributed by atoms with E-state index in [1.807, 2.05) is 13.8 Å². The van der Waals surface area contributed by atoms with Gasteiger partial charge < -0.3 is 20.6 Å². The van der Waals surface area contributed by atoms with Gasteiger partial charge in [-0.05, 0) is 5.92 Å². The summed E-state index contributed by atoms with van der Waals surface area (Å²) in [6, 6.07) is -0.634. The lowest BCUT2D eigenvalue weighted by Gasteiger charge is -2.38. The number of amides is 3. The molecule has 8 heteroatoms. The van der Waals surface area contributed by atoms with E-state index in [1.54, 1.807) is 16.7 Å². The third-order valence-electron chi connectivity index (χ3n) is 3.09. The van der Waals surface area contributed by atoms with Crippen LogP contribution in [0.5, 0.6) is 0 Å². The second-order valence-corrected chi connectivity index (χ2v) is 6.69. The molecular formula is C13H23N3O4S. The summed E-state index contributed by atoms with van der Waals surface area (Å²) in [7, 11) is 0. The lowest BCUT2D eigenvalue weighted by molar-refractivity contribution is -0.138. The number of primary amides is 1. The predicted octanol–water partition coefficient (Wildman–Crippen LogP) is 0.442. The molecule has 120 valence electrons. The summed E-state index contributed by atoms with van der Waals surface area (Å²) in [6.07, 6.45) is -0.0785. The number of aliphatic carboxylic acids is 1. The molecule has 1 unspecified atom stereocenters. The molecule has 0 spiro atoms. The Morgan fingerprint density at radius 1 is 1.43 bits per heavy atom. The number of hydrogen-bond acceptors (Lipinski definition) is 4. The van der Waals surface area contributed by atoms with Crippen LogP contribution in [0, 0.1) is 5.92 Å². The molecule has 0 saturated carbocycles. The summed E-state index contributed by atoms with van der Waals surface area (Å²) >= 11 is 1.64. The normalized spacial score (nSPS) is 18.6. The van der Waals surface area contributed by atoms with Gasteiger partial charge >= 0.3 is 12.0 Å². The summed E-state index contributed by atoms with van der Waals surface area (Å²) in [4.78, 5) is 37.7. The number of hydrogen-bond donors (Lipinski definition) is 2. The first-order chi connectivity index (χ1) is 9.81. The van der Waals surface area contributed by atoms with Crippen LogP contribution in [0.4, 0.5) is 4.79 Å². The van der Waals surface area contributed by atoms with Crippen LogP contribution >= 0.6 is 11.8 Å². The molecule has 1 fully saturated rings. The molecule has 1 heterocycles. The fourth-order valence-electron chi connectivity index (χ4n) is 2.30. The minimum absolute atomic E-state index is 0.0785. The first-order valence-electron chi connectivity index (χ1n) is 6.94. The molecule has 3 N–H and O–H groups in total. The minimum atomic E-state index is -0.925. The van der Waals surface area contributed by atoms with Crippen LogP contribution in [0.1, 0.15) is 20.3 Å². The number of nitrogens with two attached hydrogens (primary N) is 1. The molecule has 0 aliphatic carbocycles. The van der Waals surface area contributed by atoms with Crippen molar-refractivity contribution in [1.29, 1.82) is 0 Å². The van der Waals surface area contributed by atoms with Gasteiger partial charge in [-0.15, -0.1) is 0 Å². The highest BCUT2D eigenvalue weighted by atomic mass is 32.2. The maximum absolute atomic E-state index is 12.6. The van der Waals surface area contributed by atoms with Gasteiger partial charge in [-0.25, -0.2) is 4.79 Å². The Hall–Kier alpha value is -1.44. The predicted molar refractivity (Wildman–Crippen MR) is 81.1 cm³/mol. The van der Waals surface area contributed by atoms with Gasteiger partial charge in [0.1, 0.15) is 6.54 Å². The Morgan fingerprint density at radius 2 is 2.10 bits per heavy atom. The lowest BCUT2D eigenvalue weighted by Crippen LogP contribution is -2.54. The Bertz CT molecular complexity index is 403. The number of carboxylic acids is 1. The van der Waals surface area contributed by atoms with Crippen LogP contribution in [0.3, 0.4) is 0 Å². The fourth-order valence-corrected chi connectivity index (χ4v) is 3.36. The van der Waals surface area contributed by atoms with Crippen molar-refractivity contribution in [2.75, 3.05) is 31.1 Å². The molecule has 1 atom stereocenters. The van der Waals surface area contributed by atoms with Gasteiger partial charge in [-0.3, -0.25) is 9.59 Å². The molecule has 3 amide bonds. The first-order valence-corrected chi connectivity index (χ1v) is 8.10. The topological polar surface area (TPSA) is 104 Å². The van der Waals surface area contributed by atoms with E-state index in [1.165, 1.54) is 4.90 Å². The van der Waals surface area contributed by atoms with Crippen molar-refractivity contribution in [3.63, 3.8) is 0 Å². The number of thioether (sulfide) groups is 1. The molecule has 21 heavy (non-hydrogen) atoms. The lowest BCUT2D eigenvalue weighted by atomic mass is 10.2.